The molecule has 0 aliphatic carbocycles. The van der Waals surface area contributed by atoms with E-state index < -0.39 is 0 Å². The van der Waals surface area contributed by atoms with E-state index >= 15 is 0 Å². The second-order valence-electron chi connectivity index (χ2n) is 5.25. The third kappa shape index (κ3) is 2.87. The molecule has 1 rings (SSSR count). The molecule has 0 amide bonds. The Morgan fingerprint density at radius 3 is 2.22 bits per heavy atom. The van der Waals surface area contributed by atoms with Crippen molar-refractivity contribution in [2.24, 2.45) is 11.8 Å². The van der Waals surface area contributed by atoms with Crippen molar-refractivity contribution >= 4 is 0 Å². The van der Waals surface area contributed by atoms with E-state index in [0.29, 0.717) is 12.0 Å². The van der Waals surface area contributed by atoms with Gasteiger partial charge in [-0.05, 0) is 32.4 Å². The van der Waals surface area contributed by atoms with Gasteiger partial charge in [0.25, 0.3) is 0 Å². The highest BCUT2D eigenvalue weighted by atomic mass is 16.5. The summed E-state index contributed by atoms with van der Waals surface area (Å²) in [6.07, 6.45) is 3.37. The van der Waals surface area contributed by atoms with Crippen LogP contribution < -0.4 is 11.3 Å². The van der Waals surface area contributed by atoms with E-state index in [2.05, 4.69) is 38.0 Å². The summed E-state index contributed by atoms with van der Waals surface area (Å²) in [5.41, 5.74) is 3.26. The van der Waals surface area contributed by atoms with E-state index in [4.69, 9.17) is 10.6 Å². The van der Waals surface area contributed by atoms with Gasteiger partial charge in [-0.3, -0.25) is 16.2 Å². The minimum atomic E-state index is 0.149. The normalized spacial score (nSPS) is 22.7. The zero-order chi connectivity index (χ0) is 13.6. The Labute approximate surface area is 112 Å². The number of likely N-dealkylation sites (N-methyl/N-ethyl adjacent to an activating group) is 1. The zero-order valence-corrected chi connectivity index (χ0v) is 12.5. The van der Waals surface area contributed by atoms with Crippen LogP contribution in [0.3, 0.4) is 0 Å². The second-order valence-corrected chi connectivity index (χ2v) is 5.25. The van der Waals surface area contributed by atoms with Gasteiger partial charge in [-0.1, -0.05) is 27.7 Å². The molecule has 4 heteroatoms. The number of nitrogens with one attached hydrogen (secondary N) is 1. The molecule has 0 radical (unpaired) electrons. The molecule has 1 heterocycles. The Balaban J connectivity index is 2.97. The molecule has 0 aromatic heterocycles. The van der Waals surface area contributed by atoms with E-state index in [-0.39, 0.29) is 5.54 Å². The monoisotopic (exact) mass is 257 g/mol. The highest BCUT2D eigenvalue weighted by Gasteiger charge is 2.44. The molecular formula is C14H31N3O. The maximum absolute atomic E-state index is 5.90. The first-order chi connectivity index (χ1) is 8.69. The number of hydrogen-bond acceptors (Lipinski definition) is 4. The molecule has 2 atom stereocenters. The van der Waals surface area contributed by atoms with Gasteiger partial charge in [0.15, 0.2) is 0 Å². The molecule has 1 aliphatic rings. The summed E-state index contributed by atoms with van der Waals surface area (Å²) in [5, 5.41) is 0. The lowest BCUT2D eigenvalue weighted by atomic mass is 9.76. The molecule has 0 aromatic rings. The Bertz CT molecular complexity index is 221. The maximum Gasteiger partial charge on any atom is 0.0511 e. The van der Waals surface area contributed by atoms with Crippen LogP contribution in [0.4, 0.5) is 0 Å². The van der Waals surface area contributed by atoms with Crippen LogP contribution in [0.5, 0.6) is 0 Å². The lowest BCUT2D eigenvalue weighted by molar-refractivity contribution is 0.0235. The van der Waals surface area contributed by atoms with Crippen molar-refractivity contribution < 1.29 is 4.74 Å². The van der Waals surface area contributed by atoms with Crippen LogP contribution in [-0.4, -0.2) is 42.8 Å². The lowest BCUT2D eigenvalue weighted by Gasteiger charge is -2.49. The maximum atomic E-state index is 5.90. The topological polar surface area (TPSA) is 50.5 Å². The van der Waals surface area contributed by atoms with Crippen molar-refractivity contribution in [3.8, 4) is 0 Å². The van der Waals surface area contributed by atoms with E-state index in [1.165, 1.54) is 0 Å². The summed E-state index contributed by atoms with van der Waals surface area (Å²) in [4.78, 5) is 2.57. The summed E-state index contributed by atoms with van der Waals surface area (Å²) >= 11 is 0. The molecule has 1 saturated heterocycles. The highest BCUT2D eigenvalue weighted by Crippen LogP contribution is 2.34. The Kier molecular flexibility index (Phi) is 6.57. The quantitative estimate of drug-likeness (QED) is 0.514. The number of rotatable bonds is 8. The fourth-order valence-corrected chi connectivity index (χ4v) is 3.73. The summed E-state index contributed by atoms with van der Waals surface area (Å²) in [6, 6.07) is 0.315. The highest BCUT2D eigenvalue weighted by molar-refractivity contribution is 5.01. The average Bonchev–Trinajstić information content (AvgIpc) is 2.92. The van der Waals surface area contributed by atoms with Gasteiger partial charge in [-0.2, -0.15) is 0 Å². The predicted molar refractivity (Wildman–Crippen MR) is 76.3 cm³/mol. The van der Waals surface area contributed by atoms with Crippen molar-refractivity contribution in [2.45, 2.75) is 58.5 Å². The van der Waals surface area contributed by atoms with Gasteiger partial charge in [0.2, 0.25) is 0 Å². The predicted octanol–water partition coefficient (Wildman–Crippen LogP) is 1.76. The van der Waals surface area contributed by atoms with Gasteiger partial charge >= 0.3 is 0 Å². The van der Waals surface area contributed by atoms with Crippen molar-refractivity contribution in [1.82, 2.24) is 10.3 Å². The molecule has 4 nitrogen and oxygen atoms in total. The summed E-state index contributed by atoms with van der Waals surface area (Å²) < 4.78 is 5.56. The van der Waals surface area contributed by atoms with Crippen LogP contribution in [0.1, 0.15) is 47.0 Å². The van der Waals surface area contributed by atoms with Crippen molar-refractivity contribution in [3.05, 3.63) is 0 Å². The van der Waals surface area contributed by atoms with Gasteiger partial charge in [0, 0.05) is 24.1 Å². The lowest BCUT2D eigenvalue weighted by Crippen LogP contribution is -2.65. The first-order valence-corrected chi connectivity index (χ1v) is 7.48. The molecule has 0 saturated carbocycles. The van der Waals surface area contributed by atoms with E-state index in [9.17, 15) is 0 Å². The van der Waals surface area contributed by atoms with Crippen LogP contribution in [0.2, 0.25) is 0 Å². The van der Waals surface area contributed by atoms with Crippen molar-refractivity contribution in [1.29, 1.82) is 0 Å². The minimum Gasteiger partial charge on any atom is -0.381 e. The van der Waals surface area contributed by atoms with Crippen LogP contribution in [0, 0.1) is 5.92 Å². The molecule has 0 bridgehead atoms. The molecule has 108 valence electrons. The molecule has 2 unspecified atom stereocenters. The summed E-state index contributed by atoms with van der Waals surface area (Å²) in [7, 11) is 0. The Morgan fingerprint density at radius 2 is 1.89 bits per heavy atom. The summed E-state index contributed by atoms with van der Waals surface area (Å²) in [6.45, 7) is 12.9. The SMILES string of the molecule is CCN(CC)C(CC)(CC)C(NN)C1CCOC1. The molecule has 18 heavy (non-hydrogen) atoms. The number of ether oxygens (including phenoxy) is 1. The average molecular weight is 257 g/mol. The van der Waals surface area contributed by atoms with E-state index in [1.807, 2.05) is 0 Å². The van der Waals surface area contributed by atoms with Crippen molar-refractivity contribution in [2.75, 3.05) is 26.3 Å². The molecule has 3 N–H and O–H groups in total. The van der Waals surface area contributed by atoms with Gasteiger partial charge in [0.05, 0.1) is 6.61 Å². The van der Waals surface area contributed by atoms with Gasteiger partial charge in [0.1, 0.15) is 0 Å². The molecule has 1 aliphatic heterocycles. The standard InChI is InChI=1S/C14H31N3O/c1-5-14(6-2,17(7-3)8-4)13(16-15)12-9-10-18-11-12/h12-13,16H,5-11,15H2,1-4H3. The van der Waals surface area contributed by atoms with Crippen molar-refractivity contribution in [3.63, 3.8) is 0 Å². The second kappa shape index (κ2) is 7.43. The zero-order valence-electron chi connectivity index (χ0n) is 12.5. The third-order valence-electron chi connectivity index (χ3n) is 4.81. The Morgan fingerprint density at radius 1 is 1.28 bits per heavy atom. The smallest absolute Gasteiger partial charge is 0.0511 e. The van der Waals surface area contributed by atoms with Crippen LogP contribution >= 0.6 is 0 Å². The van der Waals surface area contributed by atoms with Gasteiger partial charge in [-0.25, -0.2) is 0 Å². The minimum absolute atomic E-state index is 0.149. The van der Waals surface area contributed by atoms with Gasteiger partial charge < -0.3 is 4.74 Å². The largest absolute Gasteiger partial charge is 0.381 e. The summed E-state index contributed by atoms with van der Waals surface area (Å²) in [5.74, 6) is 6.44. The van der Waals surface area contributed by atoms with E-state index in [1.54, 1.807) is 0 Å². The molecular weight excluding hydrogens is 226 g/mol. The molecule has 0 aromatic carbocycles. The number of nitrogens with two attached hydrogens (primary N) is 1. The fraction of sp³-hybridized carbons (Fsp3) is 1.00. The first kappa shape index (κ1) is 15.9. The first-order valence-electron chi connectivity index (χ1n) is 7.48. The Hall–Kier alpha value is -0.160. The fourth-order valence-electron chi connectivity index (χ4n) is 3.73. The number of hydrazine groups is 1. The van der Waals surface area contributed by atoms with Crippen LogP contribution in [0.25, 0.3) is 0 Å². The molecule has 1 fully saturated rings. The van der Waals surface area contributed by atoms with Crippen LogP contribution in [0.15, 0.2) is 0 Å². The number of nitrogens with zero attached hydrogens (tertiary/aromatic N) is 1. The van der Waals surface area contributed by atoms with E-state index in [0.717, 1.165) is 45.6 Å². The molecule has 0 spiro atoms. The number of hydrogen-bond donors (Lipinski definition) is 2. The third-order valence-corrected chi connectivity index (χ3v) is 4.81. The van der Waals surface area contributed by atoms with Crippen LogP contribution in [-0.2, 0) is 4.74 Å². The van der Waals surface area contributed by atoms with Gasteiger partial charge in [-0.15, -0.1) is 0 Å².